The van der Waals surface area contributed by atoms with Crippen molar-refractivity contribution in [2.75, 3.05) is 5.75 Å². The molecule has 1 aliphatic heterocycles. The minimum absolute atomic E-state index is 0.0522. The van der Waals surface area contributed by atoms with E-state index in [1.165, 1.54) is 11.8 Å². The number of nitrogens with one attached hydrogen (secondary N) is 1. The number of carbonyl (C=O) groups excluding carboxylic acids is 1. The van der Waals surface area contributed by atoms with Crippen LogP contribution in [-0.2, 0) is 4.79 Å². The minimum atomic E-state index is -0.0522. The number of amides is 1. The number of phenolic OH excluding ortho intramolecular Hbond substituents is 1. The third-order valence-electron chi connectivity index (χ3n) is 1.83. The number of carbonyl (C=O) groups is 1. The van der Waals surface area contributed by atoms with Gasteiger partial charge in [-0.05, 0) is 29.8 Å². The molecule has 0 unspecified atom stereocenters. The first-order valence-electron chi connectivity index (χ1n) is 4.57. The van der Waals surface area contributed by atoms with Crippen molar-refractivity contribution in [2.24, 2.45) is 10.2 Å². The van der Waals surface area contributed by atoms with E-state index in [2.05, 4.69) is 15.5 Å². The van der Waals surface area contributed by atoms with Gasteiger partial charge < -0.3 is 10.4 Å². The summed E-state index contributed by atoms with van der Waals surface area (Å²) in [5.74, 6) is 0.554. The van der Waals surface area contributed by atoms with Crippen LogP contribution in [0.25, 0.3) is 0 Å². The van der Waals surface area contributed by atoms with Crippen molar-refractivity contribution in [1.82, 2.24) is 5.32 Å². The maximum absolute atomic E-state index is 10.8. The van der Waals surface area contributed by atoms with Crippen LogP contribution in [-0.4, -0.2) is 28.1 Å². The number of benzene rings is 1. The van der Waals surface area contributed by atoms with Crippen molar-refractivity contribution in [3.63, 3.8) is 0 Å². The average molecular weight is 235 g/mol. The topological polar surface area (TPSA) is 74.0 Å². The number of hydrogen-bond acceptors (Lipinski definition) is 5. The molecule has 0 atom stereocenters. The normalized spacial score (nSPS) is 18.2. The van der Waals surface area contributed by atoms with E-state index in [0.29, 0.717) is 10.9 Å². The van der Waals surface area contributed by atoms with Crippen molar-refractivity contribution < 1.29 is 9.90 Å². The highest BCUT2D eigenvalue weighted by atomic mass is 32.2. The number of rotatable bonds is 2. The Balaban J connectivity index is 1.99. The van der Waals surface area contributed by atoms with Gasteiger partial charge in [0.25, 0.3) is 0 Å². The van der Waals surface area contributed by atoms with Gasteiger partial charge in [0.05, 0.1) is 12.0 Å². The second-order valence-electron chi connectivity index (χ2n) is 3.08. The maximum Gasteiger partial charge on any atom is 0.236 e. The molecule has 0 aliphatic carbocycles. The van der Waals surface area contributed by atoms with Gasteiger partial charge >= 0.3 is 0 Å². The number of amidine groups is 1. The van der Waals surface area contributed by atoms with Gasteiger partial charge in [-0.15, -0.1) is 5.10 Å². The Hall–Kier alpha value is -1.82. The number of phenols is 1. The fourth-order valence-corrected chi connectivity index (χ4v) is 1.72. The molecule has 6 heteroatoms. The van der Waals surface area contributed by atoms with Crippen LogP contribution in [0, 0.1) is 0 Å². The number of hydrogen-bond donors (Lipinski definition) is 2. The second-order valence-corrected chi connectivity index (χ2v) is 4.04. The molecule has 0 spiro atoms. The van der Waals surface area contributed by atoms with Gasteiger partial charge in [0.2, 0.25) is 5.91 Å². The molecule has 82 valence electrons. The Morgan fingerprint density at radius 1 is 1.38 bits per heavy atom. The van der Waals surface area contributed by atoms with Crippen molar-refractivity contribution in [3.05, 3.63) is 29.8 Å². The van der Waals surface area contributed by atoms with Crippen LogP contribution in [0.1, 0.15) is 5.56 Å². The fourth-order valence-electron chi connectivity index (χ4n) is 1.09. The van der Waals surface area contributed by atoms with E-state index in [1.54, 1.807) is 30.5 Å². The Morgan fingerprint density at radius 2 is 2.12 bits per heavy atom. The minimum Gasteiger partial charge on any atom is -0.508 e. The maximum atomic E-state index is 10.8. The molecule has 1 aromatic rings. The predicted molar refractivity (Wildman–Crippen MR) is 63.7 cm³/mol. The van der Waals surface area contributed by atoms with Crippen LogP contribution in [0.5, 0.6) is 5.75 Å². The molecule has 1 saturated heterocycles. The van der Waals surface area contributed by atoms with E-state index >= 15 is 0 Å². The lowest BCUT2D eigenvalue weighted by Gasteiger charge is -1.92. The van der Waals surface area contributed by atoms with Crippen molar-refractivity contribution in [3.8, 4) is 5.75 Å². The summed E-state index contributed by atoms with van der Waals surface area (Å²) >= 11 is 1.32. The third kappa shape index (κ3) is 2.83. The van der Waals surface area contributed by atoms with Gasteiger partial charge in [-0.3, -0.25) is 4.79 Å². The zero-order valence-corrected chi connectivity index (χ0v) is 9.07. The molecule has 1 aromatic carbocycles. The van der Waals surface area contributed by atoms with Crippen LogP contribution >= 0.6 is 11.8 Å². The number of thioether (sulfide) groups is 1. The Bertz CT molecular complexity index is 454. The van der Waals surface area contributed by atoms with Crippen LogP contribution in [0.2, 0.25) is 0 Å². The van der Waals surface area contributed by atoms with Crippen molar-refractivity contribution >= 4 is 29.1 Å². The average Bonchev–Trinajstić information content (AvgIpc) is 2.67. The molecule has 0 radical (unpaired) electrons. The third-order valence-corrected chi connectivity index (χ3v) is 2.70. The van der Waals surface area contributed by atoms with Gasteiger partial charge in [-0.1, -0.05) is 11.8 Å². The first-order valence-corrected chi connectivity index (χ1v) is 5.55. The highest BCUT2D eigenvalue weighted by molar-refractivity contribution is 8.15. The molecule has 0 bridgehead atoms. The molecular weight excluding hydrogens is 226 g/mol. The van der Waals surface area contributed by atoms with Gasteiger partial charge in [0, 0.05) is 0 Å². The van der Waals surface area contributed by atoms with E-state index in [-0.39, 0.29) is 11.7 Å². The van der Waals surface area contributed by atoms with E-state index in [4.69, 9.17) is 5.11 Å². The van der Waals surface area contributed by atoms with Gasteiger partial charge in [0.15, 0.2) is 5.17 Å². The first kappa shape index (κ1) is 10.7. The molecular formula is C10H9N3O2S. The van der Waals surface area contributed by atoms with Crippen LogP contribution in [0.3, 0.4) is 0 Å². The van der Waals surface area contributed by atoms with Crippen LogP contribution in [0.15, 0.2) is 34.5 Å². The lowest BCUT2D eigenvalue weighted by Crippen LogP contribution is -2.19. The van der Waals surface area contributed by atoms with Crippen LogP contribution < -0.4 is 5.32 Å². The molecule has 16 heavy (non-hydrogen) atoms. The lowest BCUT2D eigenvalue weighted by molar-refractivity contribution is -0.116. The molecule has 5 nitrogen and oxygen atoms in total. The summed E-state index contributed by atoms with van der Waals surface area (Å²) in [5.41, 5.74) is 0.830. The van der Waals surface area contributed by atoms with Crippen LogP contribution in [0.4, 0.5) is 0 Å². The molecule has 1 amide bonds. The monoisotopic (exact) mass is 235 g/mol. The Labute approximate surface area is 96.3 Å². The summed E-state index contributed by atoms with van der Waals surface area (Å²) in [6, 6.07) is 6.58. The molecule has 0 saturated carbocycles. The molecule has 1 heterocycles. The fraction of sp³-hybridized carbons (Fsp3) is 0.100. The lowest BCUT2D eigenvalue weighted by atomic mass is 10.2. The first-order chi connectivity index (χ1) is 7.74. The largest absolute Gasteiger partial charge is 0.508 e. The standard InChI is InChI=1S/C10H9N3O2S/c14-8-3-1-7(2-4-8)5-11-13-10-12-9(15)6-16-10/h1-5,14H,6H2,(H,12,13,15)/b11-5-. The summed E-state index contributed by atoms with van der Waals surface area (Å²) in [5, 5.41) is 19.8. The van der Waals surface area contributed by atoms with Gasteiger partial charge in [-0.25, -0.2) is 0 Å². The second kappa shape index (κ2) is 4.80. The number of aromatic hydroxyl groups is 1. The van der Waals surface area contributed by atoms with Crippen molar-refractivity contribution in [1.29, 1.82) is 0 Å². The van der Waals surface area contributed by atoms with E-state index in [9.17, 15) is 4.79 Å². The summed E-state index contributed by atoms with van der Waals surface area (Å²) in [6.07, 6.45) is 1.55. The van der Waals surface area contributed by atoms with E-state index in [1.807, 2.05) is 0 Å². The molecule has 1 fully saturated rings. The smallest absolute Gasteiger partial charge is 0.236 e. The molecule has 2 rings (SSSR count). The van der Waals surface area contributed by atoms with E-state index < -0.39 is 0 Å². The number of nitrogens with zero attached hydrogens (tertiary/aromatic N) is 2. The zero-order chi connectivity index (χ0) is 11.4. The van der Waals surface area contributed by atoms with Gasteiger partial charge in [-0.2, -0.15) is 5.10 Å². The Morgan fingerprint density at radius 3 is 2.75 bits per heavy atom. The summed E-state index contributed by atoms with van der Waals surface area (Å²) in [4.78, 5) is 10.8. The van der Waals surface area contributed by atoms with E-state index in [0.717, 1.165) is 5.56 Å². The quantitative estimate of drug-likeness (QED) is 0.592. The summed E-state index contributed by atoms with van der Waals surface area (Å²) in [7, 11) is 0. The predicted octanol–water partition coefficient (Wildman–Crippen LogP) is 0.945. The SMILES string of the molecule is O=C1CSC(=N/N=C\c2ccc(O)cc2)N1. The highest BCUT2D eigenvalue weighted by Crippen LogP contribution is 2.09. The molecule has 0 aromatic heterocycles. The molecule has 1 aliphatic rings. The highest BCUT2D eigenvalue weighted by Gasteiger charge is 2.15. The molecule has 2 N–H and O–H groups in total. The summed E-state index contributed by atoms with van der Waals surface area (Å²) in [6.45, 7) is 0. The zero-order valence-electron chi connectivity index (χ0n) is 8.25. The van der Waals surface area contributed by atoms with Gasteiger partial charge in [0.1, 0.15) is 5.75 Å². The van der Waals surface area contributed by atoms with Crippen molar-refractivity contribution in [2.45, 2.75) is 0 Å². The summed E-state index contributed by atoms with van der Waals surface area (Å²) < 4.78 is 0. The Kier molecular flexibility index (Phi) is 3.21.